The van der Waals surface area contributed by atoms with Crippen LogP contribution in [0.25, 0.3) is 0 Å². The molecule has 1 fully saturated rings. The smallest absolute Gasteiger partial charge is 0.0675 e. The number of rotatable bonds is 4. The van der Waals surface area contributed by atoms with Gasteiger partial charge in [-0.05, 0) is 66.2 Å². The maximum absolute atomic E-state index is 5.54. The Balaban J connectivity index is 1.78. The number of methoxy groups -OCH3 is 1. The van der Waals surface area contributed by atoms with Crippen molar-refractivity contribution in [3.8, 4) is 0 Å². The van der Waals surface area contributed by atoms with E-state index in [2.05, 4.69) is 67.7 Å². The minimum Gasteiger partial charge on any atom is -0.385 e. The van der Waals surface area contributed by atoms with Gasteiger partial charge in [0, 0.05) is 19.3 Å². The fraction of sp³-hybridized carbons (Fsp3) is 0.500. The Bertz CT molecular complexity index is 861. The standard InChI is InChI=1S/C24H29NO/c1-4-23-15-17(23)16-24(13-14-26-3)21-12-8-6-10-19(21)22(2,25-24)18-9-5-7-11-20(18)23/h5-12,17,25H,4,13-16H2,1-3H3/t17-,22-,23-,24+/m1/s1. The van der Waals surface area contributed by atoms with Crippen molar-refractivity contribution in [3.63, 3.8) is 0 Å². The summed E-state index contributed by atoms with van der Waals surface area (Å²) in [4.78, 5) is 0. The maximum atomic E-state index is 5.54. The minimum absolute atomic E-state index is 0.0243. The van der Waals surface area contributed by atoms with Gasteiger partial charge in [0.1, 0.15) is 0 Å². The SMILES string of the molecule is CC[C@@]12C[C@@H]1C[C@]1(CCOC)N[C@@](C)(c3ccccc31)c1ccccc12. The lowest BCUT2D eigenvalue weighted by molar-refractivity contribution is 0.135. The number of benzene rings is 2. The molecule has 2 heteroatoms. The van der Waals surface area contributed by atoms with Crippen LogP contribution in [-0.2, 0) is 21.2 Å². The third-order valence-corrected chi connectivity index (χ3v) is 7.66. The summed E-state index contributed by atoms with van der Waals surface area (Å²) in [7, 11) is 1.82. The summed E-state index contributed by atoms with van der Waals surface area (Å²) in [5.74, 6) is 0.758. The molecule has 2 aliphatic heterocycles. The third-order valence-electron chi connectivity index (χ3n) is 7.66. The van der Waals surface area contributed by atoms with Crippen LogP contribution in [0.5, 0.6) is 0 Å². The first-order valence-corrected chi connectivity index (χ1v) is 10.1. The Morgan fingerprint density at radius 3 is 2.23 bits per heavy atom. The van der Waals surface area contributed by atoms with Gasteiger partial charge in [-0.25, -0.2) is 0 Å². The van der Waals surface area contributed by atoms with Gasteiger partial charge in [-0.1, -0.05) is 55.5 Å². The van der Waals surface area contributed by atoms with Crippen molar-refractivity contribution in [1.29, 1.82) is 0 Å². The molecule has 5 rings (SSSR count). The summed E-state index contributed by atoms with van der Waals surface area (Å²) in [6.07, 6.45) is 4.82. The summed E-state index contributed by atoms with van der Waals surface area (Å²) in [5.41, 5.74) is 6.28. The van der Waals surface area contributed by atoms with Crippen molar-refractivity contribution in [2.75, 3.05) is 13.7 Å². The Morgan fingerprint density at radius 2 is 1.58 bits per heavy atom. The van der Waals surface area contributed by atoms with E-state index in [0.717, 1.165) is 18.9 Å². The van der Waals surface area contributed by atoms with Crippen LogP contribution in [0.1, 0.15) is 61.8 Å². The summed E-state index contributed by atoms with van der Waals surface area (Å²) >= 11 is 0. The molecule has 136 valence electrons. The van der Waals surface area contributed by atoms with Crippen molar-refractivity contribution in [3.05, 3.63) is 70.8 Å². The fourth-order valence-electron chi connectivity index (χ4n) is 6.27. The minimum atomic E-state index is -0.128. The second kappa shape index (κ2) is 5.43. The Morgan fingerprint density at radius 1 is 0.962 bits per heavy atom. The highest BCUT2D eigenvalue weighted by Crippen LogP contribution is 2.66. The number of ether oxygens (including phenoxy) is 1. The van der Waals surface area contributed by atoms with Gasteiger partial charge >= 0.3 is 0 Å². The van der Waals surface area contributed by atoms with E-state index in [-0.39, 0.29) is 11.1 Å². The summed E-state index contributed by atoms with van der Waals surface area (Å²) < 4.78 is 5.54. The van der Waals surface area contributed by atoms with E-state index >= 15 is 0 Å². The summed E-state index contributed by atoms with van der Waals surface area (Å²) in [5, 5.41) is 4.16. The van der Waals surface area contributed by atoms with Crippen LogP contribution in [-0.4, -0.2) is 13.7 Å². The predicted molar refractivity (Wildman–Crippen MR) is 105 cm³/mol. The first-order valence-electron chi connectivity index (χ1n) is 10.1. The van der Waals surface area contributed by atoms with Crippen LogP contribution in [0.2, 0.25) is 0 Å². The fourth-order valence-corrected chi connectivity index (χ4v) is 6.27. The molecule has 2 bridgehead atoms. The molecule has 4 atom stereocenters. The van der Waals surface area contributed by atoms with Crippen molar-refractivity contribution in [1.82, 2.24) is 5.32 Å². The molecule has 1 aliphatic carbocycles. The molecule has 1 saturated carbocycles. The lowest BCUT2D eigenvalue weighted by Crippen LogP contribution is -2.49. The van der Waals surface area contributed by atoms with Crippen molar-refractivity contribution < 1.29 is 4.74 Å². The van der Waals surface area contributed by atoms with Crippen LogP contribution < -0.4 is 5.32 Å². The van der Waals surface area contributed by atoms with Crippen LogP contribution in [0.4, 0.5) is 0 Å². The summed E-state index contributed by atoms with van der Waals surface area (Å²) in [6, 6.07) is 18.3. The van der Waals surface area contributed by atoms with Gasteiger partial charge in [0.05, 0.1) is 5.54 Å². The largest absolute Gasteiger partial charge is 0.385 e. The number of nitrogens with one attached hydrogen (secondary N) is 1. The molecule has 0 aromatic heterocycles. The molecule has 0 saturated heterocycles. The van der Waals surface area contributed by atoms with E-state index in [0.29, 0.717) is 5.41 Å². The van der Waals surface area contributed by atoms with Gasteiger partial charge in [-0.15, -0.1) is 0 Å². The van der Waals surface area contributed by atoms with Crippen LogP contribution in [0.15, 0.2) is 48.5 Å². The predicted octanol–water partition coefficient (Wildman–Crippen LogP) is 4.86. The molecular formula is C24H29NO. The van der Waals surface area contributed by atoms with E-state index in [1.165, 1.54) is 36.0 Å². The molecule has 2 heterocycles. The van der Waals surface area contributed by atoms with Crippen LogP contribution in [0, 0.1) is 5.92 Å². The zero-order valence-corrected chi connectivity index (χ0v) is 16.1. The summed E-state index contributed by atoms with van der Waals surface area (Å²) in [6.45, 7) is 5.57. The number of hydrogen-bond acceptors (Lipinski definition) is 2. The van der Waals surface area contributed by atoms with Crippen molar-refractivity contribution >= 4 is 0 Å². The zero-order chi connectivity index (χ0) is 18.0. The van der Waals surface area contributed by atoms with E-state index < -0.39 is 0 Å². The lowest BCUT2D eigenvalue weighted by atomic mass is 9.76. The highest BCUT2D eigenvalue weighted by Gasteiger charge is 2.63. The van der Waals surface area contributed by atoms with Crippen molar-refractivity contribution in [2.45, 2.75) is 56.0 Å². The molecule has 0 amide bonds. The van der Waals surface area contributed by atoms with Crippen LogP contribution in [0.3, 0.4) is 0 Å². The van der Waals surface area contributed by atoms with Crippen molar-refractivity contribution in [2.24, 2.45) is 5.92 Å². The molecule has 2 nitrogen and oxygen atoms in total. The maximum Gasteiger partial charge on any atom is 0.0675 e. The van der Waals surface area contributed by atoms with Gasteiger partial charge < -0.3 is 4.74 Å². The zero-order valence-electron chi connectivity index (χ0n) is 16.1. The first kappa shape index (κ1) is 16.5. The molecule has 2 aromatic rings. The molecule has 0 radical (unpaired) electrons. The first-order chi connectivity index (χ1) is 12.6. The molecular weight excluding hydrogens is 318 g/mol. The highest BCUT2D eigenvalue weighted by atomic mass is 16.5. The average molecular weight is 348 g/mol. The second-order valence-corrected chi connectivity index (χ2v) is 8.78. The molecule has 0 spiro atoms. The number of fused-ring (bicyclic) bond motifs is 9. The van der Waals surface area contributed by atoms with Gasteiger partial charge in [0.2, 0.25) is 0 Å². The van der Waals surface area contributed by atoms with Crippen LogP contribution >= 0.6 is 0 Å². The number of hydrogen-bond donors (Lipinski definition) is 1. The van der Waals surface area contributed by atoms with E-state index in [9.17, 15) is 0 Å². The third kappa shape index (κ3) is 1.95. The lowest BCUT2D eigenvalue weighted by Gasteiger charge is -2.40. The normalized spacial score (nSPS) is 36.5. The molecule has 26 heavy (non-hydrogen) atoms. The van der Waals surface area contributed by atoms with E-state index in [1.807, 2.05) is 7.11 Å². The second-order valence-electron chi connectivity index (χ2n) is 8.78. The van der Waals surface area contributed by atoms with Gasteiger partial charge in [0.25, 0.3) is 0 Å². The van der Waals surface area contributed by atoms with Gasteiger partial charge in [0.15, 0.2) is 0 Å². The monoisotopic (exact) mass is 347 g/mol. The Hall–Kier alpha value is -1.64. The van der Waals surface area contributed by atoms with E-state index in [1.54, 1.807) is 5.56 Å². The molecule has 2 aromatic carbocycles. The Kier molecular flexibility index (Phi) is 3.45. The van der Waals surface area contributed by atoms with E-state index in [4.69, 9.17) is 4.74 Å². The highest BCUT2D eigenvalue weighted by molar-refractivity contribution is 5.57. The molecule has 0 unspecified atom stereocenters. The molecule has 3 aliphatic rings. The van der Waals surface area contributed by atoms with Gasteiger partial charge in [-0.3, -0.25) is 5.32 Å². The van der Waals surface area contributed by atoms with Gasteiger partial charge in [-0.2, -0.15) is 0 Å². The average Bonchev–Trinajstić information content (AvgIpc) is 3.31. The quantitative estimate of drug-likeness (QED) is 0.853. The topological polar surface area (TPSA) is 21.3 Å². The Labute approximate surface area is 157 Å². The molecule has 1 N–H and O–H groups in total.